The Bertz CT molecular complexity index is 485. The van der Waals surface area contributed by atoms with Gasteiger partial charge in [-0.15, -0.1) is 0 Å². The van der Waals surface area contributed by atoms with E-state index in [1.54, 1.807) is 0 Å². The van der Waals surface area contributed by atoms with E-state index in [0.717, 1.165) is 50.1 Å². The molecule has 0 spiro atoms. The molecule has 1 heterocycles. The van der Waals surface area contributed by atoms with E-state index in [1.807, 2.05) is 19.1 Å². The largest absolute Gasteiger partial charge is 0.369 e. The molecule has 4 heteroatoms. The molecule has 0 unspecified atom stereocenters. The second-order valence-electron chi connectivity index (χ2n) is 4.90. The molecule has 1 fully saturated rings. The minimum atomic E-state index is 0.604. The van der Waals surface area contributed by atoms with Crippen LogP contribution in [0.25, 0.3) is 0 Å². The molecule has 1 aliphatic rings. The van der Waals surface area contributed by atoms with Crippen LogP contribution in [0.2, 0.25) is 0 Å². The number of carbonyl (C=O) groups is 1. The van der Waals surface area contributed by atoms with Gasteiger partial charge in [0.2, 0.25) is 0 Å². The summed E-state index contributed by atoms with van der Waals surface area (Å²) in [6, 6.07) is 8.17. The number of nitrogens with zero attached hydrogens (tertiary/aromatic N) is 3. The van der Waals surface area contributed by atoms with Gasteiger partial charge in [0.05, 0.1) is 6.07 Å². The van der Waals surface area contributed by atoms with Gasteiger partial charge in [0.25, 0.3) is 0 Å². The van der Waals surface area contributed by atoms with E-state index in [-0.39, 0.29) is 0 Å². The minimum absolute atomic E-state index is 0.604. The average molecular weight is 257 g/mol. The molecule has 1 aromatic carbocycles. The molecule has 0 amide bonds. The molecule has 2 rings (SSSR count). The van der Waals surface area contributed by atoms with Gasteiger partial charge in [0, 0.05) is 50.4 Å². The predicted molar refractivity (Wildman–Crippen MR) is 75.4 cm³/mol. The van der Waals surface area contributed by atoms with Crippen molar-refractivity contribution in [3.8, 4) is 6.07 Å². The van der Waals surface area contributed by atoms with Gasteiger partial charge < -0.3 is 4.90 Å². The number of benzene rings is 1. The van der Waals surface area contributed by atoms with Crippen LogP contribution in [0.15, 0.2) is 18.2 Å². The highest BCUT2D eigenvalue weighted by Crippen LogP contribution is 2.20. The average Bonchev–Trinajstić information content (AvgIpc) is 2.45. The summed E-state index contributed by atoms with van der Waals surface area (Å²) in [6.45, 7) is 6.78. The number of aldehydes is 1. The fourth-order valence-electron chi connectivity index (χ4n) is 2.43. The van der Waals surface area contributed by atoms with Gasteiger partial charge in [-0.25, -0.2) is 0 Å². The number of hydrogen-bond donors (Lipinski definition) is 0. The maximum atomic E-state index is 10.8. The summed E-state index contributed by atoms with van der Waals surface area (Å²) in [5, 5.41) is 8.59. The number of anilines is 1. The van der Waals surface area contributed by atoms with Crippen molar-refractivity contribution >= 4 is 12.0 Å². The van der Waals surface area contributed by atoms with Crippen LogP contribution in [0.1, 0.15) is 22.3 Å². The zero-order valence-corrected chi connectivity index (χ0v) is 11.3. The minimum Gasteiger partial charge on any atom is -0.369 e. The van der Waals surface area contributed by atoms with Crippen LogP contribution in [0, 0.1) is 18.3 Å². The van der Waals surface area contributed by atoms with E-state index in [9.17, 15) is 4.79 Å². The van der Waals surface area contributed by atoms with E-state index in [2.05, 4.69) is 21.9 Å². The highest BCUT2D eigenvalue weighted by Gasteiger charge is 2.17. The molecule has 0 saturated carbocycles. The molecule has 0 N–H and O–H groups in total. The predicted octanol–water partition coefficient (Wildman–Crippen LogP) is 1.84. The Hall–Kier alpha value is -1.86. The Morgan fingerprint density at radius 1 is 1.32 bits per heavy atom. The van der Waals surface area contributed by atoms with Crippen molar-refractivity contribution in [1.82, 2.24) is 4.90 Å². The van der Waals surface area contributed by atoms with Crippen LogP contribution >= 0.6 is 0 Å². The first-order valence-electron chi connectivity index (χ1n) is 6.64. The highest BCUT2D eigenvalue weighted by atomic mass is 16.1. The van der Waals surface area contributed by atoms with Crippen LogP contribution in [0.3, 0.4) is 0 Å². The Morgan fingerprint density at radius 2 is 2.05 bits per heavy atom. The van der Waals surface area contributed by atoms with E-state index < -0.39 is 0 Å². The van der Waals surface area contributed by atoms with Crippen LogP contribution in [-0.2, 0) is 0 Å². The van der Waals surface area contributed by atoms with Crippen LogP contribution < -0.4 is 4.90 Å². The van der Waals surface area contributed by atoms with Crippen molar-refractivity contribution in [2.24, 2.45) is 0 Å². The molecular formula is C15H19N3O. The second-order valence-corrected chi connectivity index (χ2v) is 4.90. The van der Waals surface area contributed by atoms with E-state index in [1.165, 1.54) is 5.69 Å². The lowest BCUT2D eigenvalue weighted by atomic mass is 10.1. The zero-order chi connectivity index (χ0) is 13.7. The lowest BCUT2D eigenvalue weighted by Crippen LogP contribution is -2.46. The van der Waals surface area contributed by atoms with Gasteiger partial charge in [-0.3, -0.25) is 9.69 Å². The fraction of sp³-hybridized carbons (Fsp3) is 0.467. The number of hydrogen-bond acceptors (Lipinski definition) is 4. The molecule has 0 bridgehead atoms. The van der Waals surface area contributed by atoms with E-state index in [4.69, 9.17) is 5.26 Å². The quantitative estimate of drug-likeness (QED) is 0.772. The number of nitriles is 1. The SMILES string of the molecule is Cc1cc(N2CCN(CCC#N)CC2)ccc1C=O. The maximum Gasteiger partial charge on any atom is 0.150 e. The second kappa shape index (κ2) is 6.35. The van der Waals surface area contributed by atoms with Gasteiger partial charge in [0.15, 0.2) is 0 Å². The smallest absolute Gasteiger partial charge is 0.150 e. The molecular weight excluding hydrogens is 238 g/mol. The summed E-state index contributed by atoms with van der Waals surface area (Å²) in [6.07, 6.45) is 1.51. The molecule has 1 aromatic rings. The lowest BCUT2D eigenvalue weighted by Gasteiger charge is -2.36. The first-order chi connectivity index (χ1) is 9.24. The Morgan fingerprint density at radius 3 is 2.63 bits per heavy atom. The first kappa shape index (κ1) is 13.6. The van der Waals surface area contributed by atoms with Crippen molar-refractivity contribution in [2.75, 3.05) is 37.6 Å². The molecule has 1 saturated heterocycles. The van der Waals surface area contributed by atoms with Gasteiger partial charge in [-0.1, -0.05) is 0 Å². The topological polar surface area (TPSA) is 47.3 Å². The molecule has 0 aliphatic carbocycles. The third kappa shape index (κ3) is 3.33. The maximum absolute atomic E-state index is 10.8. The molecule has 0 radical (unpaired) electrons. The van der Waals surface area contributed by atoms with Crippen molar-refractivity contribution < 1.29 is 4.79 Å². The monoisotopic (exact) mass is 257 g/mol. The first-order valence-corrected chi connectivity index (χ1v) is 6.64. The Labute approximate surface area is 114 Å². The van der Waals surface area contributed by atoms with Gasteiger partial charge in [0.1, 0.15) is 6.29 Å². The van der Waals surface area contributed by atoms with Crippen LogP contribution in [0.5, 0.6) is 0 Å². The summed E-state index contributed by atoms with van der Waals surface area (Å²) in [5.74, 6) is 0. The van der Waals surface area contributed by atoms with Gasteiger partial charge in [-0.05, 0) is 30.7 Å². The van der Waals surface area contributed by atoms with Gasteiger partial charge >= 0.3 is 0 Å². The molecule has 4 nitrogen and oxygen atoms in total. The Balaban J connectivity index is 1.96. The van der Waals surface area contributed by atoms with Gasteiger partial charge in [-0.2, -0.15) is 5.26 Å². The van der Waals surface area contributed by atoms with Crippen molar-refractivity contribution in [3.05, 3.63) is 29.3 Å². The Kier molecular flexibility index (Phi) is 4.53. The number of aryl methyl sites for hydroxylation is 1. The molecule has 0 aromatic heterocycles. The number of piperazine rings is 1. The lowest BCUT2D eigenvalue weighted by molar-refractivity contribution is 0.112. The standard InChI is InChI=1S/C15H19N3O/c1-13-11-15(4-3-14(13)12-19)18-9-7-17(8-10-18)6-2-5-16/h3-4,11-12H,2,6-10H2,1H3. The summed E-state index contributed by atoms with van der Waals surface area (Å²) in [7, 11) is 0. The highest BCUT2D eigenvalue weighted by molar-refractivity contribution is 5.78. The van der Waals surface area contributed by atoms with E-state index in [0.29, 0.717) is 6.42 Å². The normalized spacial score (nSPS) is 16.1. The molecule has 1 aliphatic heterocycles. The fourth-order valence-corrected chi connectivity index (χ4v) is 2.43. The van der Waals surface area contributed by atoms with Crippen molar-refractivity contribution in [1.29, 1.82) is 5.26 Å². The van der Waals surface area contributed by atoms with Crippen LogP contribution in [0.4, 0.5) is 5.69 Å². The summed E-state index contributed by atoms with van der Waals surface area (Å²) < 4.78 is 0. The van der Waals surface area contributed by atoms with Crippen LogP contribution in [-0.4, -0.2) is 43.9 Å². The summed E-state index contributed by atoms with van der Waals surface area (Å²) in [4.78, 5) is 15.5. The third-order valence-electron chi connectivity index (χ3n) is 3.66. The van der Waals surface area contributed by atoms with E-state index >= 15 is 0 Å². The number of rotatable bonds is 4. The van der Waals surface area contributed by atoms with Crippen molar-refractivity contribution in [3.63, 3.8) is 0 Å². The molecule has 100 valence electrons. The number of carbonyl (C=O) groups excluding carboxylic acids is 1. The molecule has 0 atom stereocenters. The third-order valence-corrected chi connectivity index (χ3v) is 3.66. The summed E-state index contributed by atoms with van der Waals surface area (Å²) in [5.41, 5.74) is 2.97. The summed E-state index contributed by atoms with van der Waals surface area (Å²) >= 11 is 0. The van der Waals surface area contributed by atoms with Crippen molar-refractivity contribution in [2.45, 2.75) is 13.3 Å². The zero-order valence-electron chi connectivity index (χ0n) is 11.3. The molecule has 19 heavy (non-hydrogen) atoms.